The van der Waals surface area contributed by atoms with E-state index in [1.54, 1.807) is 23.3 Å². The fraction of sp³-hybridized carbons (Fsp3) is 0.500. The topological polar surface area (TPSA) is 108 Å². The van der Waals surface area contributed by atoms with Crippen molar-refractivity contribution in [3.05, 3.63) is 44.3 Å². The number of likely N-dealkylation sites (tertiary alicyclic amines) is 1. The van der Waals surface area contributed by atoms with Gasteiger partial charge in [0.1, 0.15) is 5.69 Å². The molecule has 2 fully saturated rings. The fourth-order valence-electron chi connectivity index (χ4n) is 3.90. The van der Waals surface area contributed by atoms with Crippen LogP contribution in [0.15, 0.2) is 22.4 Å². The van der Waals surface area contributed by atoms with Crippen LogP contribution in [0.5, 0.6) is 0 Å². The lowest BCUT2D eigenvalue weighted by molar-refractivity contribution is 0.0643. The van der Waals surface area contributed by atoms with Crippen LogP contribution in [0, 0.1) is 12.8 Å². The van der Waals surface area contributed by atoms with Crippen molar-refractivity contribution >= 4 is 23.2 Å². The number of H-pyrrole nitrogens is 1. The molecule has 1 saturated carbocycles. The van der Waals surface area contributed by atoms with E-state index in [9.17, 15) is 14.4 Å². The molecule has 4 rings (SSSR count). The Labute approximate surface area is 160 Å². The van der Waals surface area contributed by atoms with E-state index in [0.717, 1.165) is 37.0 Å². The van der Waals surface area contributed by atoms with Crippen LogP contribution in [0.25, 0.3) is 0 Å². The summed E-state index contributed by atoms with van der Waals surface area (Å²) in [6.07, 6.45) is 5.14. The first-order valence-corrected chi connectivity index (χ1v) is 9.94. The van der Waals surface area contributed by atoms with Crippen LogP contribution < -0.4 is 10.2 Å². The van der Waals surface area contributed by atoms with Crippen molar-refractivity contribution in [3.63, 3.8) is 0 Å². The Hall–Kier alpha value is -2.55. The summed E-state index contributed by atoms with van der Waals surface area (Å²) in [4.78, 5) is 40.5. The zero-order chi connectivity index (χ0) is 19.0. The second-order valence-electron chi connectivity index (χ2n) is 7.27. The lowest BCUT2D eigenvalue weighted by Crippen LogP contribution is -2.48. The van der Waals surface area contributed by atoms with E-state index in [1.807, 2.05) is 0 Å². The maximum atomic E-state index is 12.6. The number of carbonyl (C=O) groups excluding carboxylic acids is 2. The Kier molecular flexibility index (Phi) is 4.55. The first-order chi connectivity index (χ1) is 13.0. The van der Waals surface area contributed by atoms with Gasteiger partial charge in [-0.15, -0.1) is 0 Å². The molecule has 142 valence electrons. The van der Waals surface area contributed by atoms with E-state index in [0.29, 0.717) is 36.0 Å². The minimum Gasteiger partial charge on any atom is -0.346 e. The average molecular weight is 387 g/mol. The van der Waals surface area contributed by atoms with Crippen molar-refractivity contribution in [2.45, 2.75) is 38.1 Å². The number of piperidine rings is 1. The highest BCUT2D eigenvalue weighted by Gasteiger charge is 2.51. The Balaban J connectivity index is 1.38. The van der Waals surface area contributed by atoms with Gasteiger partial charge in [-0.05, 0) is 44.6 Å². The van der Waals surface area contributed by atoms with Crippen LogP contribution in [0.4, 0.5) is 0 Å². The monoisotopic (exact) mass is 387 g/mol. The van der Waals surface area contributed by atoms with E-state index in [-0.39, 0.29) is 22.2 Å². The van der Waals surface area contributed by atoms with Crippen molar-refractivity contribution < 1.29 is 9.59 Å². The molecule has 2 aromatic heterocycles. The van der Waals surface area contributed by atoms with Gasteiger partial charge in [-0.2, -0.15) is 10.2 Å². The summed E-state index contributed by atoms with van der Waals surface area (Å²) < 4.78 is 0. The second kappa shape index (κ2) is 6.88. The number of hydrogen-bond donors (Lipinski definition) is 2. The molecule has 0 aromatic carbocycles. The summed E-state index contributed by atoms with van der Waals surface area (Å²) in [5.74, 6) is 0.121. The molecule has 2 aliphatic rings. The molecule has 1 saturated heterocycles. The van der Waals surface area contributed by atoms with Gasteiger partial charge in [-0.3, -0.25) is 14.4 Å². The number of nitrogens with zero attached hydrogens (tertiary/aromatic N) is 3. The third kappa shape index (κ3) is 3.51. The number of rotatable bonds is 4. The van der Waals surface area contributed by atoms with Crippen LogP contribution in [0.1, 0.15) is 52.2 Å². The zero-order valence-corrected chi connectivity index (χ0v) is 15.8. The molecular weight excluding hydrogens is 366 g/mol. The normalized spacial score (nSPS) is 18.9. The minimum atomic E-state index is -0.214. The molecule has 8 nitrogen and oxygen atoms in total. The molecule has 1 aliphatic heterocycles. The largest absolute Gasteiger partial charge is 0.346 e. The van der Waals surface area contributed by atoms with Crippen LogP contribution in [0.3, 0.4) is 0 Å². The lowest BCUT2D eigenvalue weighted by Gasteiger charge is -2.36. The number of aromatic amines is 1. The highest BCUT2D eigenvalue weighted by Crippen LogP contribution is 2.47. The Bertz CT molecular complexity index is 925. The lowest BCUT2D eigenvalue weighted by atomic mass is 9.87. The van der Waals surface area contributed by atoms with E-state index in [2.05, 4.69) is 20.5 Å². The number of nitrogens with one attached hydrogen (secondary N) is 2. The minimum absolute atomic E-state index is 0.103. The van der Waals surface area contributed by atoms with Crippen LogP contribution in [0.2, 0.25) is 0 Å². The molecule has 0 radical (unpaired) electrons. The van der Waals surface area contributed by atoms with Gasteiger partial charge in [0, 0.05) is 24.0 Å². The fourth-order valence-corrected chi connectivity index (χ4v) is 4.45. The maximum Gasteiger partial charge on any atom is 0.305 e. The molecule has 9 heteroatoms. The first-order valence-electron chi connectivity index (χ1n) is 9.06. The van der Waals surface area contributed by atoms with Gasteiger partial charge in [-0.25, -0.2) is 0 Å². The average Bonchev–Trinajstić information content (AvgIpc) is 3.32. The molecule has 0 atom stereocenters. The number of aromatic nitrogens is 3. The Morgan fingerprint density at radius 1 is 1.33 bits per heavy atom. The predicted molar refractivity (Wildman–Crippen MR) is 99.8 cm³/mol. The van der Waals surface area contributed by atoms with Crippen LogP contribution in [-0.2, 0) is 0 Å². The molecular formula is C18H21N5O3S. The summed E-state index contributed by atoms with van der Waals surface area (Å²) in [6.45, 7) is 3.05. The molecule has 0 bridgehead atoms. The van der Waals surface area contributed by atoms with Gasteiger partial charge < -0.3 is 15.2 Å². The highest BCUT2D eigenvalue weighted by molar-refractivity contribution is 7.07. The van der Waals surface area contributed by atoms with Gasteiger partial charge in [0.15, 0.2) is 0 Å². The van der Waals surface area contributed by atoms with Crippen molar-refractivity contribution in [2.24, 2.45) is 5.92 Å². The van der Waals surface area contributed by atoms with Gasteiger partial charge in [0.25, 0.3) is 11.8 Å². The van der Waals surface area contributed by atoms with Gasteiger partial charge in [0.2, 0.25) is 0 Å². The number of amides is 2. The molecule has 0 spiro atoms. The van der Waals surface area contributed by atoms with Crippen molar-refractivity contribution in [3.8, 4) is 0 Å². The smallest absolute Gasteiger partial charge is 0.305 e. The third-order valence-electron chi connectivity index (χ3n) is 5.62. The molecule has 27 heavy (non-hydrogen) atoms. The molecule has 0 unspecified atom stereocenters. The van der Waals surface area contributed by atoms with Crippen LogP contribution in [-0.4, -0.2) is 50.5 Å². The van der Waals surface area contributed by atoms with Crippen molar-refractivity contribution in [2.75, 3.05) is 13.1 Å². The number of thiazole rings is 1. The summed E-state index contributed by atoms with van der Waals surface area (Å²) >= 11 is 1.00. The third-order valence-corrected chi connectivity index (χ3v) is 6.29. The number of aryl methyl sites for hydroxylation is 1. The SMILES string of the molecule is Cc1nnccc1C(=O)NC1(C2CCN(C(=O)c3csc(=O)[nH]3)CC2)CC1. The van der Waals surface area contributed by atoms with E-state index in [4.69, 9.17) is 0 Å². The van der Waals surface area contributed by atoms with Gasteiger partial charge in [0.05, 0.1) is 17.5 Å². The second-order valence-corrected chi connectivity index (χ2v) is 8.11. The standard InChI is InChI=1S/C18H21N5O3S/c1-11-13(2-7-19-22-11)15(24)21-18(5-6-18)12-3-8-23(9-4-12)16(25)14-10-27-17(26)20-14/h2,7,10,12H,3-6,8-9H2,1H3,(H,20,26)(H,21,24). The summed E-state index contributed by atoms with van der Waals surface area (Å²) in [5.41, 5.74) is 1.37. The molecule has 2 N–H and O–H groups in total. The molecule has 1 aliphatic carbocycles. The number of carbonyl (C=O) groups is 2. The van der Waals surface area contributed by atoms with E-state index < -0.39 is 0 Å². The van der Waals surface area contributed by atoms with E-state index >= 15 is 0 Å². The first kappa shape index (κ1) is 17.8. The number of hydrogen-bond acceptors (Lipinski definition) is 6. The molecule has 2 amide bonds. The van der Waals surface area contributed by atoms with E-state index in [1.165, 1.54) is 6.20 Å². The molecule has 2 aromatic rings. The quantitative estimate of drug-likeness (QED) is 0.823. The Morgan fingerprint density at radius 2 is 2.07 bits per heavy atom. The van der Waals surface area contributed by atoms with Crippen molar-refractivity contribution in [1.82, 2.24) is 25.4 Å². The van der Waals surface area contributed by atoms with Crippen molar-refractivity contribution in [1.29, 1.82) is 0 Å². The maximum absolute atomic E-state index is 12.6. The van der Waals surface area contributed by atoms with Gasteiger partial charge >= 0.3 is 4.87 Å². The predicted octanol–water partition coefficient (Wildman–Crippen LogP) is 1.35. The summed E-state index contributed by atoms with van der Waals surface area (Å²) in [7, 11) is 0. The Morgan fingerprint density at radius 3 is 2.67 bits per heavy atom. The summed E-state index contributed by atoms with van der Waals surface area (Å²) in [5, 5.41) is 12.5. The molecule has 3 heterocycles. The van der Waals surface area contributed by atoms with Crippen LogP contribution >= 0.6 is 11.3 Å². The highest BCUT2D eigenvalue weighted by atomic mass is 32.1. The zero-order valence-electron chi connectivity index (χ0n) is 15.0. The van der Waals surface area contributed by atoms with Gasteiger partial charge in [-0.1, -0.05) is 11.3 Å². The summed E-state index contributed by atoms with van der Waals surface area (Å²) in [6, 6.07) is 1.69.